The molecule has 0 aliphatic heterocycles. The van der Waals surface area contributed by atoms with E-state index in [0.29, 0.717) is 5.95 Å². The van der Waals surface area contributed by atoms with E-state index in [1.54, 1.807) is 6.20 Å². The summed E-state index contributed by atoms with van der Waals surface area (Å²) in [7, 11) is 0. The highest BCUT2D eigenvalue weighted by molar-refractivity contribution is 5.58. The van der Waals surface area contributed by atoms with Crippen LogP contribution < -0.4 is 15.4 Å². The Morgan fingerprint density at radius 3 is 2.17 bits per heavy atom. The van der Waals surface area contributed by atoms with Gasteiger partial charge in [-0.3, -0.25) is 0 Å². The highest BCUT2D eigenvalue weighted by atomic mass is 16.5. The lowest BCUT2D eigenvalue weighted by Gasteiger charge is -2.10. The molecule has 29 heavy (non-hydrogen) atoms. The van der Waals surface area contributed by atoms with Gasteiger partial charge in [0.1, 0.15) is 17.3 Å². The van der Waals surface area contributed by atoms with Crippen LogP contribution in [0.5, 0.6) is 11.5 Å². The van der Waals surface area contributed by atoms with E-state index in [2.05, 4.69) is 32.7 Å². The third-order valence-corrected chi connectivity index (χ3v) is 4.30. The minimum atomic E-state index is 0.606. The zero-order valence-corrected chi connectivity index (χ0v) is 16.0. The smallest absolute Gasteiger partial charge is 0.224 e. The molecule has 1 heterocycles. The summed E-state index contributed by atoms with van der Waals surface area (Å²) in [6.07, 6.45) is 2.66. The van der Waals surface area contributed by atoms with Crippen LogP contribution in [0.25, 0.3) is 0 Å². The van der Waals surface area contributed by atoms with Crippen LogP contribution in [0.1, 0.15) is 5.56 Å². The van der Waals surface area contributed by atoms with E-state index in [-0.39, 0.29) is 0 Å². The summed E-state index contributed by atoms with van der Waals surface area (Å²) >= 11 is 0. The summed E-state index contributed by atoms with van der Waals surface area (Å²) in [5.41, 5.74) is 2.21. The molecule has 3 aromatic carbocycles. The van der Waals surface area contributed by atoms with Crippen LogP contribution in [0.15, 0.2) is 97.2 Å². The van der Waals surface area contributed by atoms with Crippen LogP contribution in [-0.2, 0) is 6.42 Å². The molecule has 0 amide bonds. The Balaban J connectivity index is 1.32. The Kier molecular flexibility index (Phi) is 5.98. The quantitative estimate of drug-likeness (QED) is 0.411. The molecule has 4 rings (SSSR count). The molecule has 4 aromatic rings. The van der Waals surface area contributed by atoms with Crippen molar-refractivity contribution >= 4 is 17.5 Å². The second kappa shape index (κ2) is 9.37. The molecule has 0 saturated heterocycles. The summed E-state index contributed by atoms with van der Waals surface area (Å²) < 4.78 is 5.82. The Labute approximate surface area is 170 Å². The van der Waals surface area contributed by atoms with Crippen molar-refractivity contribution < 1.29 is 4.74 Å². The average Bonchev–Trinajstić information content (AvgIpc) is 2.77. The van der Waals surface area contributed by atoms with Gasteiger partial charge in [-0.05, 0) is 54.4 Å². The van der Waals surface area contributed by atoms with E-state index >= 15 is 0 Å². The van der Waals surface area contributed by atoms with Gasteiger partial charge in [-0.15, -0.1) is 0 Å². The number of anilines is 3. The summed E-state index contributed by atoms with van der Waals surface area (Å²) in [6, 6.07) is 29.7. The number of aromatic nitrogens is 2. The molecule has 5 nitrogen and oxygen atoms in total. The molecule has 5 heteroatoms. The van der Waals surface area contributed by atoms with Gasteiger partial charge in [0.05, 0.1) is 0 Å². The van der Waals surface area contributed by atoms with E-state index in [1.165, 1.54) is 5.56 Å². The maximum Gasteiger partial charge on any atom is 0.224 e. The molecular formula is C24H22N4O. The van der Waals surface area contributed by atoms with Gasteiger partial charge >= 0.3 is 0 Å². The number of rotatable bonds is 8. The van der Waals surface area contributed by atoms with Gasteiger partial charge in [0.15, 0.2) is 0 Å². The molecule has 144 valence electrons. The standard InChI is InChI=1S/C24H22N4O/c1-3-7-19(8-4-1)15-17-25-24-26-18-16-23(28-24)27-20-11-13-22(14-12-20)29-21-9-5-2-6-10-21/h1-14,16,18H,15,17H2,(H2,25,26,27,28). The minimum absolute atomic E-state index is 0.606. The fourth-order valence-electron chi connectivity index (χ4n) is 2.86. The van der Waals surface area contributed by atoms with Crippen LogP contribution in [0.4, 0.5) is 17.5 Å². The first-order valence-electron chi connectivity index (χ1n) is 9.56. The van der Waals surface area contributed by atoms with Gasteiger partial charge in [-0.25, -0.2) is 4.98 Å². The molecule has 0 aliphatic carbocycles. The van der Waals surface area contributed by atoms with Crippen LogP contribution in [0, 0.1) is 0 Å². The molecule has 0 radical (unpaired) electrons. The molecule has 0 spiro atoms. The topological polar surface area (TPSA) is 59.1 Å². The molecule has 0 unspecified atom stereocenters. The van der Waals surface area contributed by atoms with Crippen LogP contribution in [0.2, 0.25) is 0 Å². The summed E-state index contributed by atoms with van der Waals surface area (Å²) in [6.45, 7) is 0.777. The number of nitrogens with zero attached hydrogens (tertiary/aromatic N) is 2. The fraction of sp³-hybridized carbons (Fsp3) is 0.0833. The number of hydrogen-bond acceptors (Lipinski definition) is 5. The van der Waals surface area contributed by atoms with Crippen molar-refractivity contribution in [3.8, 4) is 11.5 Å². The number of nitrogens with one attached hydrogen (secondary N) is 2. The molecule has 0 atom stereocenters. The molecular weight excluding hydrogens is 360 g/mol. The highest BCUT2D eigenvalue weighted by Gasteiger charge is 2.02. The normalized spacial score (nSPS) is 10.3. The predicted octanol–water partition coefficient (Wildman–Crippen LogP) is 5.67. The van der Waals surface area contributed by atoms with Crippen molar-refractivity contribution in [3.63, 3.8) is 0 Å². The Morgan fingerprint density at radius 1 is 0.724 bits per heavy atom. The van der Waals surface area contributed by atoms with E-state index < -0.39 is 0 Å². The zero-order chi connectivity index (χ0) is 19.7. The van der Waals surface area contributed by atoms with Crippen molar-refractivity contribution in [2.75, 3.05) is 17.2 Å². The Hall–Kier alpha value is -3.86. The van der Waals surface area contributed by atoms with Gasteiger partial charge < -0.3 is 15.4 Å². The van der Waals surface area contributed by atoms with Crippen LogP contribution >= 0.6 is 0 Å². The summed E-state index contributed by atoms with van der Waals surface area (Å²) in [5, 5.41) is 6.57. The van der Waals surface area contributed by atoms with Gasteiger partial charge in [-0.1, -0.05) is 48.5 Å². The number of ether oxygens (including phenoxy) is 1. The molecule has 0 fully saturated rings. The van der Waals surface area contributed by atoms with E-state index in [4.69, 9.17) is 4.74 Å². The van der Waals surface area contributed by atoms with Crippen molar-refractivity contribution in [1.82, 2.24) is 9.97 Å². The maximum absolute atomic E-state index is 5.82. The first-order valence-corrected chi connectivity index (χ1v) is 9.56. The summed E-state index contributed by atoms with van der Waals surface area (Å²) in [5.74, 6) is 2.94. The number of para-hydroxylation sites is 1. The average molecular weight is 382 g/mol. The third kappa shape index (κ3) is 5.56. The van der Waals surface area contributed by atoms with E-state index in [9.17, 15) is 0 Å². The van der Waals surface area contributed by atoms with Gasteiger partial charge in [0, 0.05) is 18.4 Å². The van der Waals surface area contributed by atoms with Gasteiger partial charge in [0.2, 0.25) is 5.95 Å². The first kappa shape index (κ1) is 18.5. The second-order valence-corrected chi connectivity index (χ2v) is 6.49. The maximum atomic E-state index is 5.82. The second-order valence-electron chi connectivity index (χ2n) is 6.49. The lowest BCUT2D eigenvalue weighted by molar-refractivity contribution is 0.483. The third-order valence-electron chi connectivity index (χ3n) is 4.30. The molecule has 1 aromatic heterocycles. The lowest BCUT2D eigenvalue weighted by atomic mass is 10.1. The van der Waals surface area contributed by atoms with E-state index in [0.717, 1.165) is 36.0 Å². The summed E-state index contributed by atoms with van der Waals surface area (Å²) in [4.78, 5) is 8.82. The van der Waals surface area contributed by atoms with Crippen LogP contribution in [-0.4, -0.2) is 16.5 Å². The van der Waals surface area contributed by atoms with Crippen molar-refractivity contribution in [2.24, 2.45) is 0 Å². The van der Waals surface area contributed by atoms with Crippen molar-refractivity contribution in [3.05, 3.63) is 103 Å². The molecule has 0 aliphatic rings. The van der Waals surface area contributed by atoms with Gasteiger partial charge in [-0.2, -0.15) is 4.98 Å². The predicted molar refractivity (Wildman–Crippen MR) is 117 cm³/mol. The molecule has 0 bridgehead atoms. The van der Waals surface area contributed by atoms with E-state index in [1.807, 2.05) is 78.9 Å². The lowest BCUT2D eigenvalue weighted by Crippen LogP contribution is -2.08. The molecule has 2 N–H and O–H groups in total. The SMILES string of the molecule is c1ccc(CCNc2nccc(Nc3ccc(Oc4ccccc4)cc3)n2)cc1. The van der Waals surface area contributed by atoms with Crippen molar-refractivity contribution in [1.29, 1.82) is 0 Å². The highest BCUT2D eigenvalue weighted by Crippen LogP contribution is 2.24. The number of benzene rings is 3. The first-order chi connectivity index (χ1) is 14.3. The largest absolute Gasteiger partial charge is 0.457 e. The monoisotopic (exact) mass is 382 g/mol. The van der Waals surface area contributed by atoms with Crippen molar-refractivity contribution in [2.45, 2.75) is 6.42 Å². The molecule has 0 saturated carbocycles. The Bertz CT molecular complexity index is 1020. The number of hydrogen-bond donors (Lipinski definition) is 2. The minimum Gasteiger partial charge on any atom is -0.457 e. The zero-order valence-electron chi connectivity index (χ0n) is 16.0. The Morgan fingerprint density at radius 2 is 1.41 bits per heavy atom. The van der Waals surface area contributed by atoms with Crippen LogP contribution in [0.3, 0.4) is 0 Å². The fourth-order valence-corrected chi connectivity index (χ4v) is 2.86. The van der Waals surface area contributed by atoms with Gasteiger partial charge in [0.25, 0.3) is 0 Å².